The zero-order valence-electron chi connectivity index (χ0n) is 22.3. The number of likely N-dealkylation sites (tertiary alicyclic amines) is 1. The summed E-state index contributed by atoms with van der Waals surface area (Å²) >= 11 is 0. The SMILES string of the molecule is CCC(=O)N(Cc1cccn1Cc1nc(C(=O)N2CCC(Cc3ccccc3)CC2)co1)CC1CCCO1. The van der Waals surface area contributed by atoms with E-state index in [0.717, 1.165) is 57.5 Å². The predicted molar refractivity (Wildman–Crippen MR) is 143 cm³/mol. The Morgan fingerprint density at radius 3 is 2.63 bits per heavy atom. The molecule has 0 spiro atoms. The Labute approximate surface area is 224 Å². The van der Waals surface area contributed by atoms with Crippen LogP contribution in [-0.4, -0.2) is 63.5 Å². The van der Waals surface area contributed by atoms with Gasteiger partial charge in [-0.05, 0) is 55.7 Å². The summed E-state index contributed by atoms with van der Waals surface area (Å²) in [6.45, 7) is 5.66. The lowest BCUT2D eigenvalue weighted by molar-refractivity contribution is -0.133. The van der Waals surface area contributed by atoms with Crippen LogP contribution in [0.15, 0.2) is 59.3 Å². The first-order valence-corrected chi connectivity index (χ1v) is 13.9. The standard InChI is InChI=1S/C30H38N4O4/c1-2-29(35)34(20-26-11-7-17-37-26)19-25-10-6-14-33(25)21-28-31-27(22-38-28)30(36)32-15-12-24(13-16-32)18-23-8-4-3-5-9-23/h3-6,8-10,14,22,24,26H,2,7,11-13,15-21H2,1H3. The number of oxazole rings is 1. The molecule has 8 nitrogen and oxygen atoms in total. The molecule has 0 aliphatic carbocycles. The van der Waals surface area contributed by atoms with Crippen LogP contribution in [0.2, 0.25) is 0 Å². The van der Waals surface area contributed by atoms with Gasteiger partial charge in [-0.2, -0.15) is 0 Å². The highest BCUT2D eigenvalue weighted by atomic mass is 16.5. The summed E-state index contributed by atoms with van der Waals surface area (Å²) in [5, 5.41) is 0. The lowest BCUT2D eigenvalue weighted by Gasteiger charge is -2.31. The molecule has 2 aliphatic heterocycles. The van der Waals surface area contributed by atoms with Crippen molar-refractivity contribution in [3.05, 3.63) is 77.8 Å². The van der Waals surface area contributed by atoms with E-state index in [2.05, 4.69) is 29.2 Å². The lowest BCUT2D eigenvalue weighted by atomic mass is 9.90. The van der Waals surface area contributed by atoms with Gasteiger partial charge in [0.25, 0.3) is 5.91 Å². The van der Waals surface area contributed by atoms with E-state index in [4.69, 9.17) is 9.15 Å². The second-order valence-electron chi connectivity index (χ2n) is 10.4. The smallest absolute Gasteiger partial charge is 0.275 e. The minimum Gasteiger partial charge on any atom is -0.446 e. The van der Waals surface area contributed by atoms with Gasteiger partial charge in [0.1, 0.15) is 6.26 Å². The number of aromatic nitrogens is 2. The fourth-order valence-electron chi connectivity index (χ4n) is 5.53. The van der Waals surface area contributed by atoms with Gasteiger partial charge >= 0.3 is 0 Å². The van der Waals surface area contributed by atoms with Crippen molar-refractivity contribution in [2.45, 2.75) is 64.6 Å². The van der Waals surface area contributed by atoms with Crippen molar-refractivity contribution in [3.8, 4) is 0 Å². The van der Waals surface area contributed by atoms with Crippen LogP contribution >= 0.6 is 0 Å². The predicted octanol–water partition coefficient (Wildman–Crippen LogP) is 4.54. The highest BCUT2D eigenvalue weighted by Crippen LogP contribution is 2.23. The van der Waals surface area contributed by atoms with E-state index >= 15 is 0 Å². The number of carbonyl (C=O) groups excluding carboxylic acids is 2. The Morgan fingerprint density at radius 2 is 1.89 bits per heavy atom. The van der Waals surface area contributed by atoms with Gasteiger partial charge in [0.2, 0.25) is 11.8 Å². The van der Waals surface area contributed by atoms with Gasteiger partial charge in [-0.15, -0.1) is 0 Å². The largest absolute Gasteiger partial charge is 0.446 e. The summed E-state index contributed by atoms with van der Waals surface area (Å²) in [5.74, 6) is 1.13. The highest BCUT2D eigenvalue weighted by Gasteiger charge is 2.26. The third-order valence-electron chi connectivity index (χ3n) is 7.72. The van der Waals surface area contributed by atoms with E-state index in [1.54, 1.807) is 0 Å². The van der Waals surface area contributed by atoms with Crippen LogP contribution in [0.5, 0.6) is 0 Å². The van der Waals surface area contributed by atoms with E-state index in [9.17, 15) is 9.59 Å². The second kappa shape index (κ2) is 12.4. The van der Waals surface area contributed by atoms with Gasteiger partial charge in [-0.3, -0.25) is 9.59 Å². The number of amides is 2. The van der Waals surface area contributed by atoms with Crippen LogP contribution in [0.3, 0.4) is 0 Å². The maximum atomic E-state index is 13.1. The van der Waals surface area contributed by atoms with Crippen molar-refractivity contribution < 1.29 is 18.7 Å². The molecule has 0 radical (unpaired) electrons. The number of rotatable bonds is 10. The van der Waals surface area contributed by atoms with Crippen molar-refractivity contribution in [2.75, 3.05) is 26.2 Å². The normalized spacial score (nSPS) is 18.1. The minimum atomic E-state index is -0.0674. The molecule has 0 N–H and O–H groups in total. The average Bonchev–Trinajstić information content (AvgIpc) is 3.72. The van der Waals surface area contributed by atoms with Gasteiger partial charge < -0.3 is 23.5 Å². The van der Waals surface area contributed by atoms with Crippen molar-refractivity contribution in [1.82, 2.24) is 19.4 Å². The first-order valence-electron chi connectivity index (χ1n) is 13.9. The van der Waals surface area contributed by atoms with Crippen LogP contribution in [0.4, 0.5) is 0 Å². The molecule has 2 amide bonds. The van der Waals surface area contributed by atoms with E-state index in [1.165, 1.54) is 11.8 Å². The molecule has 202 valence electrons. The van der Waals surface area contributed by atoms with Gasteiger partial charge in [0, 0.05) is 44.6 Å². The third-order valence-corrected chi connectivity index (χ3v) is 7.72. The number of hydrogen-bond donors (Lipinski definition) is 0. The first kappa shape index (κ1) is 26.2. The number of benzene rings is 1. The number of ether oxygens (including phenoxy) is 1. The van der Waals surface area contributed by atoms with Crippen LogP contribution in [0, 0.1) is 5.92 Å². The van der Waals surface area contributed by atoms with Crippen molar-refractivity contribution in [1.29, 1.82) is 0 Å². The third kappa shape index (κ3) is 6.54. The molecule has 4 heterocycles. The molecular formula is C30H38N4O4. The quantitative estimate of drug-likeness (QED) is 0.394. The Hall–Kier alpha value is -3.39. The van der Waals surface area contributed by atoms with Crippen LogP contribution in [-0.2, 0) is 29.0 Å². The molecule has 2 aliphatic rings. The van der Waals surface area contributed by atoms with Crippen molar-refractivity contribution >= 4 is 11.8 Å². The molecule has 38 heavy (non-hydrogen) atoms. The lowest BCUT2D eigenvalue weighted by Crippen LogP contribution is -2.39. The Balaban J connectivity index is 1.16. The Kier molecular flexibility index (Phi) is 8.58. The van der Waals surface area contributed by atoms with E-state index in [1.807, 2.05) is 45.7 Å². The molecule has 1 atom stereocenters. The molecule has 3 aromatic rings. The monoisotopic (exact) mass is 518 g/mol. The average molecular weight is 519 g/mol. The summed E-state index contributed by atoms with van der Waals surface area (Å²) < 4.78 is 13.5. The Bertz CT molecular complexity index is 1190. The molecule has 5 rings (SSSR count). The molecular weight excluding hydrogens is 480 g/mol. The summed E-state index contributed by atoms with van der Waals surface area (Å²) in [6.07, 6.45) is 9.10. The molecule has 8 heteroatoms. The Morgan fingerprint density at radius 1 is 1.08 bits per heavy atom. The zero-order valence-corrected chi connectivity index (χ0v) is 22.3. The first-order chi connectivity index (χ1) is 18.6. The summed E-state index contributed by atoms with van der Waals surface area (Å²) in [4.78, 5) is 34.0. The molecule has 2 fully saturated rings. The molecule has 0 bridgehead atoms. The molecule has 0 saturated carbocycles. The fraction of sp³-hybridized carbons (Fsp3) is 0.500. The number of carbonyl (C=O) groups is 2. The van der Waals surface area contributed by atoms with Crippen LogP contribution in [0.25, 0.3) is 0 Å². The van der Waals surface area contributed by atoms with Crippen LogP contribution < -0.4 is 0 Å². The van der Waals surface area contributed by atoms with Crippen molar-refractivity contribution in [2.24, 2.45) is 5.92 Å². The summed E-state index contributed by atoms with van der Waals surface area (Å²) in [6, 6.07) is 14.5. The summed E-state index contributed by atoms with van der Waals surface area (Å²) in [7, 11) is 0. The van der Waals surface area contributed by atoms with E-state index in [-0.39, 0.29) is 17.9 Å². The summed E-state index contributed by atoms with van der Waals surface area (Å²) in [5.41, 5.74) is 2.71. The van der Waals surface area contributed by atoms with Gasteiger partial charge in [-0.1, -0.05) is 37.3 Å². The molecule has 2 saturated heterocycles. The van der Waals surface area contributed by atoms with Crippen LogP contribution in [0.1, 0.15) is 66.7 Å². The number of piperidine rings is 1. The molecule has 1 unspecified atom stereocenters. The molecule has 1 aromatic carbocycles. The fourth-order valence-corrected chi connectivity index (χ4v) is 5.53. The molecule has 2 aromatic heterocycles. The van der Waals surface area contributed by atoms with Gasteiger partial charge in [0.15, 0.2) is 5.69 Å². The maximum absolute atomic E-state index is 13.1. The van der Waals surface area contributed by atoms with Gasteiger partial charge in [-0.25, -0.2) is 4.98 Å². The maximum Gasteiger partial charge on any atom is 0.275 e. The minimum absolute atomic E-state index is 0.0674. The van der Waals surface area contributed by atoms with Gasteiger partial charge in [0.05, 0.1) is 19.2 Å². The van der Waals surface area contributed by atoms with Crippen molar-refractivity contribution in [3.63, 3.8) is 0 Å². The zero-order chi connectivity index (χ0) is 26.3. The second-order valence-corrected chi connectivity index (χ2v) is 10.4. The number of nitrogens with zero attached hydrogens (tertiary/aromatic N) is 4. The van der Waals surface area contributed by atoms with E-state index < -0.39 is 0 Å². The number of hydrogen-bond acceptors (Lipinski definition) is 5. The van der Waals surface area contributed by atoms with E-state index in [0.29, 0.717) is 43.6 Å². The highest BCUT2D eigenvalue weighted by molar-refractivity contribution is 5.92. The topological polar surface area (TPSA) is 80.8 Å².